The number of rotatable bonds is 4. The van der Waals surface area contributed by atoms with E-state index in [-0.39, 0.29) is 11.9 Å². The van der Waals surface area contributed by atoms with Crippen LogP contribution in [0.1, 0.15) is 41.4 Å². The van der Waals surface area contributed by atoms with Gasteiger partial charge in [-0.25, -0.2) is 0 Å². The molecule has 1 aliphatic rings. The minimum absolute atomic E-state index is 0.0304. The van der Waals surface area contributed by atoms with Crippen LogP contribution in [0.25, 0.3) is 11.3 Å². The van der Waals surface area contributed by atoms with E-state index in [1.807, 2.05) is 47.5 Å². The van der Waals surface area contributed by atoms with E-state index in [1.165, 1.54) is 0 Å². The molecule has 1 amide bonds. The Kier molecular flexibility index (Phi) is 4.87. The molecule has 27 heavy (non-hydrogen) atoms. The molecule has 1 saturated heterocycles. The Morgan fingerprint density at radius 2 is 2.11 bits per heavy atom. The number of hydrogen-bond donors (Lipinski definition) is 1. The zero-order valence-electron chi connectivity index (χ0n) is 15.3. The lowest BCUT2D eigenvalue weighted by Gasteiger charge is -2.35. The molecule has 1 aromatic carbocycles. The smallest absolute Gasteiger partial charge is 0.272 e. The number of hydrogen-bond acceptors (Lipinski definition) is 4. The van der Waals surface area contributed by atoms with E-state index in [4.69, 9.17) is 4.74 Å². The molecule has 138 valence electrons. The number of aromatic amines is 1. The van der Waals surface area contributed by atoms with Crippen molar-refractivity contribution in [3.8, 4) is 17.0 Å². The van der Waals surface area contributed by atoms with E-state index in [2.05, 4.69) is 15.2 Å². The number of para-hydroxylation sites is 1. The quantitative estimate of drug-likeness (QED) is 0.765. The standard InChI is InChI=1S/C21H22N4O2/c1-27-20-10-3-2-8-16(20)17-13-18(24-23-17)21(26)25-12-5-4-9-19(25)15-7-6-11-22-14-15/h2-3,6-8,10-11,13-14,19H,4-5,9,12H2,1H3,(H,23,24)/t19-/m1/s1. The number of carbonyl (C=O) groups is 1. The molecule has 2 aromatic heterocycles. The Hall–Kier alpha value is -3.15. The fraction of sp³-hybridized carbons (Fsp3) is 0.286. The first-order valence-electron chi connectivity index (χ1n) is 9.17. The van der Waals surface area contributed by atoms with Gasteiger partial charge >= 0.3 is 0 Å². The Morgan fingerprint density at radius 1 is 1.22 bits per heavy atom. The maximum Gasteiger partial charge on any atom is 0.272 e. The highest BCUT2D eigenvalue weighted by Gasteiger charge is 2.30. The van der Waals surface area contributed by atoms with Gasteiger partial charge < -0.3 is 9.64 Å². The number of likely N-dealkylation sites (tertiary alicyclic amines) is 1. The second kappa shape index (κ2) is 7.61. The predicted octanol–water partition coefficient (Wildman–Crippen LogP) is 3.85. The molecule has 6 heteroatoms. The van der Waals surface area contributed by atoms with Crippen LogP contribution in [-0.4, -0.2) is 39.6 Å². The third-order valence-corrected chi connectivity index (χ3v) is 5.02. The average molecular weight is 362 g/mol. The Morgan fingerprint density at radius 3 is 2.93 bits per heavy atom. The lowest BCUT2D eigenvalue weighted by atomic mass is 9.96. The highest BCUT2D eigenvalue weighted by Crippen LogP contribution is 2.33. The van der Waals surface area contributed by atoms with Gasteiger partial charge in [-0.15, -0.1) is 0 Å². The fourth-order valence-corrected chi connectivity index (χ4v) is 3.67. The molecule has 0 radical (unpaired) electrons. The second-order valence-corrected chi connectivity index (χ2v) is 6.66. The summed E-state index contributed by atoms with van der Waals surface area (Å²) < 4.78 is 5.40. The Labute approximate surface area is 158 Å². The van der Waals surface area contributed by atoms with Crippen molar-refractivity contribution in [2.75, 3.05) is 13.7 Å². The van der Waals surface area contributed by atoms with Crippen LogP contribution in [0.3, 0.4) is 0 Å². The number of H-pyrrole nitrogens is 1. The molecule has 1 aliphatic heterocycles. The Balaban J connectivity index is 1.61. The van der Waals surface area contributed by atoms with Gasteiger partial charge in [-0.2, -0.15) is 5.10 Å². The molecule has 0 unspecified atom stereocenters. The number of ether oxygens (including phenoxy) is 1. The van der Waals surface area contributed by atoms with E-state index in [9.17, 15) is 4.79 Å². The van der Waals surface area contributed by atoms with Gasteiger partial charge in [0, 0.05) is 24.5 Å². The normalized spacial score (nSPS) is 16.9. The summed E-state index contributed by atoms with van der Waals surface area (Å²) in [5, 5.41) is 7.26. The largest absolute Gasteiger partial charge is 0.496 e. The number of nitrogens with one attached hydrogen (secondary N) is 1. The van der Waals surface area contributed by atoms with Gasteiger partial charge in [0.2, 0.25) is 0 Å². The monoisotopic (exact) mass is 362 g/mol. The van der Waals surface area contributed by atoms with Crippen molar-refractivity contribution in [1.29, 1.82) is 0 Å². The summed E-state index contributed by atoms with van der Waals surface area (Å²) in [6.45, 7) is 0.738. The van der Waals surface area contributed by atoms with Crippen molar-refractivity contribution in [2.45, 2.75) is 25.3 Å². The van der Waals surface area contributed by atoms with Crippen LogP contribution >= 0.6 is 0 Å². The van der Waals surface area contributed by atoms with Gasteiger partial charge in [-0.3, -0.25) is 14.9 Å². The van der Waals surface area contributed by atoms with Crippen molar-refractivity contribution in [3.63, 3.8) is 0 Å². The molecule has 1 atom stereocenters. The molecular weight excluding hydrogens is 340 g/mol. The lowest BCUT2D eigenvalue weighted by molar-refractivity contribution is 0.0605. The van der Waals surface area contributed by atoms with Crippen LogP contribution in [0.2, 0.25) is 0 Å². The number of amides is 1. The summed E-state index contributed by atoms with van der Waals surface area (Å²) >= 11 is 0. The third kappa shape index (κ3) is 3.43. The SMILES string of the molecule is COc1ccccc1-c1cc(C(=O)N2CCCC[C@@H]2c2cccnc2)[nH]n1. The van der Waals surface area contributed by atoms with E-state index in [0.29, 0.717) is 11.4 Å². The predicted molar refractivity (Wildman–Crippen MR) is 102 cm³/mol. The molecule has 3 aromatic rings. The van der Waals surface area contributed by atoms with Crippen LogP contribution in [0.15, 0.2) is 54.9 Å². The summed E-state index contributed by atoms with van der Waals surface area (Å²) in [5.74, 6) is 0.700. The van der Waals surface area contributed by atoms with Gasteiger partial charge in [0.25, 0.3) is 5.91 Å². The summed E-state index contributed by atoms with van der Waals surface area (Å²) in [4.78, 5) is 19.3. The first-order chi connectivity index (χ1) is 13.3. The van der Waals surface area contributed by atoms with E-state index < -0.39 is 0 Å². The number of aromatic nitrogens is 3. The lowest BCUT2D eigenvalue weighted by Crippen LogP contribution is -2.38. The van der Waals surface area contributed by atoms with E-state index >= 15 is 0 Å². The van der Waals surface area contributed by atoms with Crippen molar-refractivity contribution in [1.82, 2.24) is 20.1 Å². The molecule has 0 aliphatic carbocycles. The molecular formula is C21H22N4O2. The number of nitrogens with zero attached hydrogens (tertiary/aromatic N) is 3. The second-order valence-electron chi connectivity index (χ2n) is 6.66. The maximum absolute atomic E-state index is 13.2. The molecule has 3 heterocycles. The zero-order valence-corrected chi connectivity index (χ0v) is 15.3. The first-order valence-corrected chi connectivity index (χ1v) is 9.17. The van der Waals surface area contributed by atoms with E-state index in [0.717, 1.165) is 42.7 Å². The number of piperidine rings is 1. The van der Waals surface area contributed by atoms with Crippen LogP contribution < -0.4 is 4.74 Å². The summed E-state index contributed by atoms with van der Waals surface area (Å²) in [6, 6.07) is 13.5. The zero-order chi connectivity index (χ0) is 18.6. The van der Waals surface area contributed by atoms with E-state index in [1.54, 1.807) is 19.4 Å². The van der Waals surface area contributed by atoms with Gasteiger partial charge in [0.15, 0.2) is 0 Å². The van der Waals surface area contributed by atoms with Crippen LogP contribution in [0.5, 0.6) is 5.75 Å². The molecule has 6 nitrogen and oxygen atoms in total. The van der Waals surface area contributed by atoms with Crippen molar-refractivity contribution in [2.24, 2.45) is 0 Å². The molecule has 1 fully saturated rings. The Bertz CT molecular complexity index is 923. The average Bonchev–Trinajstić information content (AvgIpc) is 3.24. The molecule has 0 spiro atoms. The van der Waals surface area contributed by atoms with Gasteiger partial charge in [0.1, 0.15) is 11.4 Å². The summed E-state index contributed by atoms with van der Waals surface area (Å²) in [7, 11) is 1.63. The maximum atomic E-state index is 13.2. The third-order valence-electron chi connectivity index (χ3n) is 5.02. The number of carbonyl (C=O) groups excluding carboxylic acids is 1. The summed E-state index contributed by atoms with van der Waals surface area (Å²) in [5.41, 5.74) is 3.13. The van der Waals surface area contributed by atoms with Crippen molar-refractivity contribution < 1.29 is 9.53 Å². The van der Waals surface area contributed by atoms with Gasteiger partial charge in [-0.1, -0.05) is 18.2 Å². The fourth-order valence-electron chi connectivity index (χ4n) is 3.67. The van der Waals surface area contributed by atoms with Gasteiger partial charge in [-0.05, 0) is 49.1 Å². The van der Waals surface area contributed by atoms with Gasteiger partial charge in [0.05, 0.1) is 18.8 Å². The highest BCUT2D eigenvalue weighted by molar-refractivity contribution is 5.94. The molecule has 0 saturated carbocycles. The first kappa shape index (κ1) is 17.3. The molecule has 4 rings (SSSR count). The number of methoxy groups -OCH3 is 1. The minimum Gasteiger partial charge on any atom is -0.496 e. The van der Waals surface area contributed by atoms with Crippen LogP contribution in [0.4, 0.5) is 0 Å². The summed E-state index contributed by atoms with van der Waals surface area (Å²) in [6.07, 6.45) is 6.68. The van der Waals surface area contributed by atoms with Crippen LogP contribution in [-0.2, 0) is 0 Å². The van der Waals surface area contributed by atoms with Crippen molar-refractivity contribution >= 4 is 5.91 Å². The number of benzene rings is 1. The molecule has 1 N–H and O–H groups in total. The van der Waals surface area contributed by atoms with Crippen molar-refractivity contribution in [3.05, 3.63) is 66.1 Å². The highest BCUT2D eigenvalue weighted by atomic mass is 16.5. The topological polar surface area (TPSA) is 71.1 Å². The van der Waals surface area contributed by atoms with Crippen LogP contribution in [0, 0.1) is 0 Å². The minimum atomic E-state index is -0.0304. The molecule has 0 bridgehead atoms. The number of pyridine rings is 1.